The number of hydrogen-bond donors (Lipinski definition) is 2. The molecule has 0 radical (unpaired) electrons. The third kappa shape index (κ3) is 5.39. The van der Waals surface area contributed by atoms with E-state index in [0.717, 1.165) is 5.39 Å². The highest BCUT2D eigenvalue weighted by Gasteiger charge is 2.56. The van der Waals surface area contributed by atoms with Gasteiger partial charge >= 0.3 is 6.09 Å². The predicted octanol–water partition coefficient (Wildman–Crippen LogP) is 2.86. The van der Waals surface area contributed by atoms with Crippen molar-refractivity contribution in [1.82, 2.24) is 15.2 Å². The molecule has 2 N–H and O–H groups in total. The Labute approximate surface area is 222 Å². The van der Waals surface area contributed by atoms with Gasteiger partial charge in [-0.15, -0.1) is 0 Å². The highest BCUT2D eigenvalue weighted by molar-refractivity contribution is 6.01. The number of nitrogens with zero attached hydrogens (tertiary/aromatic N) is 2. The molecule has 3 amide bonds. The first-order valence-electron chi connectivity index (χ1n) is 12.8. The number of likely N-dealkylation sites (tertiary alicyclic amines) is 1. The first-order chi connectivity index (χ1) is 17.9. The molecule has 10 nitrogen and oxygen atoms in total. The van der Waals surface area contributed by atoms with Crippen molar-refractivity contribution >= 4 is 28.8 Å². The molecule has 2 aliphatic rings. The molecule has 1 aromatic heterocycles. The van der Waals surface area contributed by atoms with Crippen LogP contribution < -0.4 is 5.32 Å². The second kappa shape index (κ2) is 10.6. The fraction of sp³-hybridized carbons (Fsp3) is 0.571. The Balaban J connectivity index is 1.72. The van der Waals surface area contributed by atoms with E-state index >= 15 is 0 Å². The maximum absolute atomic E-state index is 12.9. The summed E-state index contributed by atoms with van der Waals surface area (Å²) in [5.41, 5.74) is -0.952. The summed E-state index contributed by atoms with van der Waals surface area (Å²) in [7, 11) is 3.11. The zero-order valence-corrected chi connectivity index (χ0v) is 22.7. The van der Waals surface area contributed by atoms with Gasteiger partial charge in [-0.2, -0.15) is 0 Å². The van der Waals surface area contributed by atoms with E-state index < -0.39 is 28.6 Å². The van der Waals surface area contributed by atoms with Crippen LogP contribution in [0, 0.1) is 5.41 Å². The number of methoxy groups -OCH3 is 2. The molecule has 10 heteroatoms. The summed E-state index contributed by atoms with van der Waals surface area (Å²) in [5, 5.41) is 15.5. The van der Waals surface area contributed by atoms with Crippen molar-refractivity contribution in [2.75, 3.05) is 40.5 Å². The number of imide groups is 1. The van der Waals surface area contributed by atoms with E-state index in [-0.39, 0.29) is 51.0 Å². The highest BCUT2D eigenvalue weighted by Crippen LogP contribution is 2.48. The second-order valence-corrected chi connectivity index (χ2v) is 11.3. The number of pyridine rings is 1. The number of nitrogens with one attached hydrogen (secondary N) is 1. The number of piperidine rings is 2. The molecule has 0 spiro atoms. The standard InChI is InChI=1S/C28H37N3O7/c1-26(2,3)38-25(34)31-11-10-28(35,27(15-31,16-36-4)17-37-5)20-6-8-22-18(13-20)12-19(14-29-22)21-7-9-23(32)30-24(21)33/h6,8,12-14,21,35H,7,9-11,15-17H2,1-5H3,(H,30,32,33). The number of benzene rings is 1. The second-order valence-electron chi connectivity index (χ2n) is 11.3. The minimum Gasteiger partial charge on any atom is -0.444 e. The van der Waals surface area contributed by atoms with Crippen LogP contribution in [0.15, 0.2) is 30.5 Å². The van der Waals surface area contributed by atoms with E-state index in [2.05, 4.69) is 10.3 Å². The van der Waals surface area contributed by atoms with Gasteiger partial charge in [0.1, 0.15) is 11.2 Å². The Bertz CT molecular complexity index is 1220. The zero-order chi connectivity index (χ0) is 27.7. The van der Waals surface area contributed by atoms with Crippen LogP contribution in [0.1, 0.15) is 57.1 Å². The smallest absolute Gasteiger partial charge is 0.410 e. The normalized spacial score (nSPS) is 23.8. The third-order valence-electron chi connectivity index (χ3n) is 7.43. The topological polar surface area (TPSA) is 127 Å². The summed E-state index contributed by atoms with van der Waals surface area (Å²) in [5.74, 6) is -1.06. The first kappa shape index (κ1) is 27.9. The van der Waals surface area contributed by atoms with Gasteiger partial charge in [-0.1, -0.05) is 6.07 Å². The molecule has 3 heterocycles. The SMILES string of the molecule is COCC1(COC)CN(C(=O)OC(C)(C)C)CCC1(O)c1ccc2ncc(C3CCC(=O)NC3=O)cc2c1. The van der Waals surface area contributed by atoms with Gasteiger partial charge in [0.05, 0.1) is 30.1 Å². The number of aliphatic hydroxyl groups is 1. The van der Waals surface area contributed by atoms with E-state index in [1.54, 1.807) is 25.3 Å². The predicted molar refractivity (Wildman–Crippen MR) is 139 cm³/mol. The van der Waals surface area contributed by atoms with Gasteiger partial charge < -0.3 is 24.2 Å². The molecule has 0 aliphatic carbocycles. The maximum atomic E-state index is 12.9. The van der Waals surface area contributed by atoms with Crippen LogP contribution >= 0.6 is 0 Å². The van der Waals surface area contributed by atoms with Crippen LogP contribution in [0.25, 0.3) is 10.9 Å². The number of ether oxygens (including phenoxy) is 3. The molecule has 2 fully saturated rings. The molecule has 2 saturated heterocycles. The van der Waals surface area contributed by atoms with E-state index in [1.165, 1.54) is 0 Å². The molecular formula is C28H37N3O7. The number of fused-ring (bicyclic) bond motifs is 1. The molecule has 206 valence electrons. The van der Waals surface area contributed by atoms with Crippen molar-refractivity contribution in [1.29, 1.82) is 0 Å². The molecule has 1 aromatic carbocycles. The quantitative estimate of drug-likeness (QED) is 0.549. The van der Waals surface area contributed by atoms with Gasteiger partial charge in [0.25, 0.3) is 0 Å². The van der Waals surface area contributed by atoms with Crippen LogP contribution in [0.2, 0.25) is 0 Å². The van der Waals surface area contributed by atoms with Crippen LogP contribution in [0.4, 0.5) is 4.79 Å². The number of carbonyl (C=O) groups is 3. The molecule has 2 unspecified atom stereocenters. The molecule has 0 saturated carbocycles. The summed E-state index contributed by atoms with van der Waals surface area (Å²) in [6, 6.07) is 7.44. The molecule has 2 aromatic rings. The average Bonchev–Trinajstić information content (AvgIpc) is 2.84. The summed E-state index contributed by atoms with van der Waals surface area (Å²) in [6.45, 7) is 6.19. The van der Waals surface area contributed by atoms with Crippen molar-refractivity contribution in [2.45, 2.75) is 57.2 Å². The Hall–Kier alpha value is -3.08. The van der Waals surface area contributed by atoms with Gasteiger partial charge in [0, 0.05) is 45.3 Å². The summed E-state index contributed by atoms with van der Waals surface area (Å²) in [6.07, 6.45) is 2.15. The van der Waals surface area contributed by atoms with E-state index in [4.69, 9.17) is 14.2 Å². The lowest BCUT2D eigenvalue weighted by Gasteiger charge is -2.53. The Morgan fingerprint density at radius 3 is 2.53 bits per heavy atom. The van der Waals surface area contributed by atoms with Crippen molar-refractivity contribution in [3.63, 3.8) is 0 Å². The number of carbonyl (C=O) groups excluding carboxylic acids is 3. The van der Waals surface area contributed by atoms with Crippen molar-refractivity contribution in [2.24, 2.45) is 5.41 Å². The largest absolute Gasteiger partial charge is 0.444 e. The van der Waals surface area contributed by atoms with Crippen molar-refractivity contribution < 1.29 is 33.7 Å². The number of aromatic nitrogens is 1. The molecular weight excluding hydrogens is 490 g/mol. The Morgan fingerprint density at radius 2 is 1.89 bits per heavy atom. The van der Waals surface area contributed by atoms with E-state index in [9.17, 15) is 19.5 Å². The van der Waals surface area contributed by atoms with Crippen molar-refractivity contribution in [3.05, 3.63) is 41.6 Å². The van der Waals surface area contributed by atoms with Gasteiger partial charge in [-0.25, -0.2) is 4.79 Å². The number of rotatable bonds is 6. The minimum absolute atomic E-state index is 0.142. The molecule has 38 heavy (non-hydrogen) atoms. The lowest BCUT2D eigenvalue weighted by molar-refractivity contribution is -0.184. The van der Waals surface area contributed by atoms with Gasteiger partial charge in [-0.05, 0) is 62.9 Å². The number of amides is 3. The van der Waals surface area contributed by atoms with Gasteiger partial charge in [0.15, 0.2) is 0 Å². The highest BCUT2D eigenvalue weighted by atomic mass is 16.6. The van der Waals surface area contributed by atoms with Gasteiger partial charge in [0.2, 0.25) is 11.8 Å². The molecule has 4 rings (SSSR count). The zero-order valence-electron chi connectivity index (χ0n) is 22.7. The molecule has 2 aliphatic heterocycles. The fourth-order valence-corrected chi connectivity index (χ4v) is 5.60. The van der Waals surface area contributed by atoms with Crippen molar-refractivity contribution in [3.8, 4) is 0 Å². The molecule has 0 bridgehead atoms. The number of hydrogen-bond acceptors (Lipinski definition) is 8. The van der Waals surface area contributed by atoms with E-state index in [0.29, 0.717) is 23.1 Å². The fourth-order valence-electron chi connectivity index (χ4n) is 5.60. The summed E-state index contributed by atoms with van der Waals surface area (Å²) >= 11 is 0. The lowest BCUT2D eigenvalue weighted by Crippen LogP contribution is -2.63. The van der Waals surface area contributed by atoms with Crippen LogP contribution in [0.5, 0.6) is 0 Å². The summed E-state index contributed by atoms with van der Waals surface area (Å²) < 4.78 is 16.8. The van der Waals surface area contributed by atoms with Gasteiger partial charge in [-0.3, -0.25) is 19.9 Å². The minimum atomic E-state index is -1.39. The Kier molecular flexibility index (Phi) is 7.79. The maximum Gasteiger partial charge on any atom is 0.410 e. The van der Waals surface area contributed by atoms with Crippen LogP contribution in [-0.4, -0.2) is 79.0 Å². The lowest BCUT2D eigenvalue weighted by atomic mass is 9.64. The average molecular weight is 528 g/mol. The first-order valence-corrected chi connectivity index (χ1v) is 12.8. The van der Waals surface area contributed by atoms with E-state index in [1.807, 2.05) is 45.0 Å². The summed E-state index contributed by atoms with van der Waals surface area (Å²) in [4.78, 5) is 43.1. The Morgan fingerprint density at radius 1 is 1.18 bits per heavy atom. The van der Waals surface area contributed by atoms with Crippen LogP contribution in [-0.2, 0) is 29.4 Å². The monoisotopic (exact) mass is 527 g/mol. The van der Waals surface area contributed by atoms with Crippen LogP contribution in [0.3, 0.4) is 0 Å². The third-order valence-corrected chi connectivity index (χ3v) is 7.43. The molecule has 2 atom stereocenters.